The van der Waals surface area contributed by atoms with Crippen molar-refractivity contribution in [2.45, 2.75) is 6.36 Å². The number of nitrogens with zero attached hydrogens (tertiary/aromatic N) is 1. The van der Waals surface area contributed by atoms with E-state index in [2.05, 4.69) is 10.1 Å². The van der Waals surface area contributed by atoms with Crippen LogP contribution in [-0.4, -0.2) is 43.3 Å². The molecule has 2 heterocycles. The molecule has 0 aliphatic carbocycles. The molecule has 22 heavy (non-hydrogen) atoms. The first-order valence-electron chi connectivity index (χ1n) is 6.78. The van der Waals surface area contributed by atoms with Crippen molar-refractivity contribution in [3.63, 3.8) is 0 Å². The summed E-state index contributed by atoms with van der Waals surface area (Å²) in [6.07, 6.45) is -4.72. The Labute approximate surface area is 132 Å². The van der Waals surface area contributed by atoms with E-state index < -0.39 is 6.36 Å². The molecule has 0 unspecified atom stereocenters. The zero-order valence-electron chi connectivity index (χ0n) is 11.6. The zero-order chi connectivity index (χ0) is 15.0. The minimum absolute atomic E-state index is 0. The standard InChI is InChI=1S/C14H15F3N2O2.ClH/c15-14(16,17)21-12-3-1-9(2-4-12)13(20)19-7-10-5-18-6-11(10)8-19;/h1-4,10-11,18H,5-8H2;1H/t10-,11+;. The maximum Gasteiger partial charge on any atom is 0.573 e. The second-order valence-corrected chi connectivity index (χ2v) is 5.46. The van der Waals surface area contributed by atoms with Gasteiger partial charge in [-0.2, -0.15) is 0 Å². The Morgan fingerprint density at radius 3 is 2.18 bits per heavy atom. The van der Waals surface area contributed by atoms with Gasteiger partial charge in [0.05, 0.1) is 0 Å². The van der Waals surface area contributed by atoms with Gasteiger partial charge in [-0.3, -0.25) is 4.79 Å². The second kappa shape index (κ2) is 6.34. The Bertz CT molecular complexity index is 524. The normalized spacial score (nSPS) is 23.9. The Balaban J connectivity index is 0.00000176. The highest BCUT2D eigenvalue weighted by atomic mass is 35.5. The average Bonchev–Trinajstić information content (AvgIpc) is 2.97. The molecular weight excluding hydrogens is 321 g/mol. The van der Waals surface area contributed by atoms with Gasteiger partial charge in [-0.1, -0.05) is 0 Å². The summed E-state index contributed by atoms with van der Waals surface area (Å²) < 4.78 is 40.0. The average molecular weight is 337 g/mol. The van der Waals surface area contributed by atoms with Crippen LogP contribution in [0, 0.1) is 11.8 Å². The molecule has 1 amide bonds. The quantitative estimate of drug-likeness (QED) is 0.901. The molecule has 2 aliphatic heterocycles. The first-order chi connectivity index (χ1) is 9.92. The van der Waals surface area contributed by atoms with Crippen LogP contribution >= 0.6 is 12.4 Å². The Hall–Kier alpha value is -1.47. The maximum absolute atomic E-state index is 12.3. The van der Waals surface area contributed by atoms with E-state index in [1.165, 1.54) is 24.3 Å². The predicted molar refractivity (Wildman–Crippen MR) is 76.1 cm³/mol. The lowest BCUT2D eigenvalue weighted by atomic mass is 10.0. The number of alkyl halides is 3. The van der Waals surface area contributed by atoms with E-state index >= 15 is 0 Å². The summed E-state index contributed by atoms with van der Waals surface area (Å²) in [7, 11) is 0. The molecule has 2 atom stereocenters. The highest BCUT2D eigenvalue weighted by Crippen LogP contribution is 2.28. The van der Waals surface area contributed by atoms with Crippen molar-refractivity contribution in [2.24, 2.45) is 11.8 Å². The Morgan fingerprint density at radius 1 is 1.14 bits per heavy atom. The smallest absolute Gasteiger partial charge is 0.406 e. The van der Waals surface area contributed by atoms with Crippen LogP contribution in [0.2, 0.25) is 0 Å². The molecule has 2 aliphatic rings. The minimum Gasteiger partial charge on any atom is -0.406 e. The predicted octanol–water partition coefficient (Wildman–Crippen LogP) is 2.30. The highest BCUT2D eigenvalue weighted by Gasteiger charge is 2.38. The summed E-state index contributed by atoms with van der Waals surface area (Å²) in [5.74, 6) is 0.521. The lowest BCUT2D eigenvalue weighted by Gasteiger charge is -2.17. The van der Waals surface area contributed by atoms with Crippen LogP contribution in [0.25, 0.3) is 0 Å². The summed E-state index contributed by atoms with van der Waals surface area (Å²) in [6, 6.07) is 5.07. The number of carbonyl (C=O) groups is 1. The van der Waals surface area contributed by atoms with Crippen molar-refractivity contribution in [1.82, 2.24) is 10.2 Å². The summed E-state index contributed by atoms with van der Waals surface area (Å²) in [4.78, 5) is 14.1. The number of carbonyl (C=O) groups excluding carboxylic acids is 1. The molecule has 4 nitrogen and oxygen atoms in total. The molecule has 0 radical (unpaired) electrons. The lowest BCUT2D eigenvalue weighted by Crippen LogP contribution is -2.31. The van der Waals surface area contributed by atoms with Gasteiger partial charge in [0, 0.05) is 31.7 Å². The van der Waals surface area contributed by atoms with Gasteiger partial charge in [0.15, 0.2) is 0 Å². The Morgan fingerprint density at radius 2 is 1.68 bits per heavy atom. The molecule has 8 heteroatoms. The summed E-state index contributed by atoms with van der Waals surface area (Å²) in [6.45, 7) is 3.26. The first-order valence-corrected chi connectivity index (χ1v) is 6.78. The third kappa shape index (κ3) is 3.64. The number of hydrogen-bond donors (Lipinski definition) is 1. The van der Waals surface area contributed by atoms with Crippen molar-refractivity contribution < 1.29 is 22.7 Å². The molecule has 0 bridgehead atoms. The number of fused-ring (bicyclic) bond motifs is 1. The lowest BCUT2D eigenvalue weighted by molar-refractivity contribution is -0.274. The molecule has 0 spiro atoms. The molecule has 1 N–H and O–H groups in total. The number of hydrogen-bond acceptors (Lipinski definition) is 3. The van der Waals surface area contributed by atoms with Gasteiger partial charge in [-0.05, 0) is 36.1 Å². The van der Waals surface area contributed by atoms with Crippen LogP contribution in [0.5, 0.6) is 5.75 Å². The fraction of sp³-hybridized carbons (Fsp3) is 0.500. The van der Waals surface area contributed by atoms with Crippen molar-refractivity contribution in [1.29, 1.82) is 0 Å². The van der Waals surface area contributed by atoms with Crippen LogP contribution in [0.4, 0.5) is 13.2 Å². The van der Waals surface area contributed by atoms with Gasteiger partial charge < -0.3 is 15.0 Å². The fourth-order valence-electron chi connectivity index (χ4n) is 3.00. The third-order valence-corrected chi connectivity index (χ3v) is 4.01. The number of likely N-dealkylation sites (tertiary alicyclic amines) is 1. The number of amides is 1. The monoisotopic (exact) mass is 336 g/mol. The highest BCUT2D eigenvalue weighted by molar-refractivity contribution is 5.94. The van der Waals surface area contributed by atoms with Gasteiger partial charge in [0.1, 0.15) is 5.75 Å². The largest absolute Gasteiger partial charge is 0.573 e. The molecule has 0 aromatic heterocycles. The van der Waals surface area contributed by atoms with E-state index in [0.29, 0.717) is 30.5 Å². The van der Waals surface area contributed by atoms with Crippen molar-refractivity contribution in [3.05, 3.63) is 29.8 Å². The van der Waals surface area contributed by atoms with Crippen LogP contribution in [0.1, 0.15) is 10.4 Å². The third-order valence-electron chi connectivity index (χ3n) is 4.01. The molecule has 2 fully saturated rings. The first kappa shape index (κ1) is 16.9. The second-order valence-electron chi connectivity index (χ2n) is 5.46. The van der Waals surface area contributed by atoms with E-state index in [0.717, 1.165) is 13.1 Å². The maximum atomic E-state index is 12.3. The Kier molecular flexibility index (Phi) is 4.87. The molecular formula is C14H16ClF3N2O2. The summed E-state index contributed by atoms with van der Waals surface area (Å²) in [5, 5.41) is 3.29. The van der Waals surface area contributed by atoms with Gasteiger partial charge in [0.25, 0.3) is 5.91 Å². The number of ether oxygens (including phenoxy) is 1. The number of benzene rings is 1. The molecule has 3 rings (SSSR count). The topological polar surface area (TPSA) is 41.6 Å². The molecule has 1 aromatic rings. The van der Waals surface area contributed by atoms with Crippen molar-refractivity contribution >= 4 is 18.3 Å². The van der Waals surface area contributed by atoms with E-state index in [-0.39, 0.29) is 24.1 Å². The van der Waals surface area contributed by atoms with Gasteiger partial charge >= 0.3 is 6.36 Å². The van der Waals surface area contributed by atoms with Crippen LogP contribution in [-0.2, 0) is 0 Å². The van der Waals surface area contributed by atoms with Crippen molar-refractivity contribution in [3.8, 4) is 5.75 Å². The van der Waals surface area contributed by atoms with E-state index in [4.69, 9.17) is 0 Å². The fourth-order valence-corrected chi connectivity index (χ4v) is 3.00. The molecule has 122 valence electrons. The van der Waals surface area contributed by atoms with Crippen LogP contribution in [0.15, 0.2) is 24.3 Å². The van der Waals surface area contributed by atoms with E-state index in [1.54, 1.807) is 4.90 Å². The van der Waals surface area contributed by atoms with E-state index in [9.17, 15) is 18.0 Å². The minimum atomic E-state index is -4.72. The molecule has 0 saturated carbocycles. The molecule has 2 saturated heterocycles. The summed E-state index contributed by atoms with van der Waals surface area (Å²) in [5.41, 5.74) is 0.387. The SMILES string of the molecule is Cl.O=C(c1ccc(OC(F)(F)F)cc1)N1C[C@H]2CNC[C@H]2C1. The zero-order valence-corrected chi connectivity index (χ0v) is 12.4. The van der Waals surface area contributed by atoms with Gasteiger partial charge in [0.2, 0.25) is 0 Å². The van der Waals surface area contributed by atoms with Crippen LogP contribution < -0.4 is 10.1 Å². The van der Waals surface area contributed by atoms with E-state index in [1.807, 2.05) is 0 Å². The van der Waals surface area contributed by atoms with Gasteiger partial charge in [-0.15, -0.1) is 25.6 Å². The molecule has 1 aromatic carbocycles. The van der Waals surface area contributed by atoms with Gasteiger partial charge in [-0.25, -0.2) is 0 Å². The van der Waals surface area contributed by atoms with Crippen molar-refractivity contribution in [2.75, 3.05) is 26.2 Å². The number of nitrogens with one attached hydrogen (secondary N) is 1. The van der Waals surface area contributed by atoms with Crippen LogP contribution in [0.3, 0.4) is 0 Å². The number of halogens is 4. The summed E-state index contributed by atoms with van der Waals surface area (Å²) >= 11 is 0. The number of rotatable bonds is 2.